The Bertz CT molecular complexity index is 336. The van der Waals surface area contributed by atoms with Crippen LogP contribution in [-0.4, -0.2) is 35.1 Å². The maximum absolute atomic E-state index is 11.2. The Kier molecular flexibility index (Phi) is 7.71. The molecule has 6 heteroatoms. The van der Waals surface area contributed by atoms with E-state index in [0.717, 1.165) is 12.8 Å². The van der Waals surface area contributed by atoms with Crippen molar-refractivity contribution >= 4 is 24.3 Å². The lowest BCUT2D eigenvalue weighted by molar-refractivity contribution is -0.139. The number of carboxylic acid groups (broad SMARTS) is 1. The van der Waals surface area contributed by atoms with Crippen LogP contribution in [-0.2, 0) is 9.59 Å². The third-order valence-corrected chi connectivity index (χ3v) is 3.39. The molecule has 0 saturated carbocycles. The van der Waals surface area contributed by atoms with Crippen LogP contribution < -0.4 is 10.6 Å². The zero-order valence-electron chi connectivity index (χ0n) is 11.4. The van der Waals surface area contributed by atoms with Gasteiger partial charge in [0.05, 0.1) is 0 Å². The molecule has 0 radical (unpaired) electrons. The lowest BCUT2D eigenvalue weighted by atomic mass is 9.91. The molecule has 0 aromatic carbocycles. The van der Waals surface area contributed by atoms with Crippen molar-refractivity contribution in [2.45, 2.75) is 51.2 Å². The Morgan fingerprint density at radius 2 is 2.21 bits per heavy atom. The first-order chi connectivity index (χ1) is 8.49. The minimum Gasteiger partial charge on any atom is -0.480 e. The normalized spacial score (nSPS) is 27.2. The van der Waals surface area contributed by atoms with Crippen molar-refractivity contribution in [2.24, 2.45) is 5.92 Å². The van der Waals surface area contributed by atoms with Gasteiger partial charge in [0.1, 0.15) is 6.04 Å². The number of nitrogens with one attached hydrogen (secondary N) is 2. The molecule has 0 aromatic heterocycles. The number of halogens is 1. The molecule has 0 unspecified atom stereocenters. The van der Waals surface area contributed by atoms with Gasteiger partial charge in [-0.1, -0.05) is 19.4 Å². The molecule has 110 valence electrons. The third kappa shape index (κ3) is 4.84. The van der Waals surface area contributed by atoms with Gasteiger partial charge in [-0.05, 0) is 18.8 Å². The quantitative estimate of drug-likeness (QED) is 0.645. The Morgan fingerprint density at radius 3 is 2.63 bits per heavy atom. The van der Waals surface area contributed by atoms with Gasteiger partial charge in [0.15, 0.2) is 0 Å². The molecule has 1 aliphatic heterocycles. The molecule has 0 aromatic rings. The maximum Gasteiger partial charge on any atom is 0.320 e. The van der Waals surface area contributed by atoms with E-state index in [4.69, 9.17) is 5.11 Å². The molecule has 5 nitrogen and oxygen atoms in total. The van der Waals surface area contributed by atoms with Crippen LogP contribution >= 0.6 is 12.4 Å². The average molecular weight is 291 g/mol. The van der Waals surface area contributed by atoms with Crippen molar-refractivity contribution in [1.29, 1.82) is 0 Å². The van der Waals surface area contributed by atoms with Crippen molar-refractivity contribution < 1.29 is 14.7 Å². The first-order valence-electron chi connectivity index (χ1n) is 6.38. The van der Waals surface area contributed by atoms with E-state index in [0.29, 0.717) is 6.42 Å². The number of aliphatic carboxylic acids is 1. The molecule has 3 N–H and O–H groups in total. The minimum atomic E-state index is -0.845. The first-order valence-corrected chi connectivity index (χ1v) is 6.38. The van der Waals surface area contributed by atoms with Crippen LogP contribution in [0.2, 0.25) is 0 Å². The molecule has 1 amide bonds. The van der Waals surface area contributed by atoms with Crippen LogP contribution in [0, 0.1) is 5.92 Å². The maximum atomic E-state index is 11.2. The standard InChI is InChI=1S/C13H22N2O3.ClH/c1-4-6-10(14-8(3)16)12-9(5-2)7-11(15-12)13(17)18;/h5,9-12,15H,2,4,6-7H2,1,3H3,(H,14,16)(H,17,18);1H/t9-,10+,11-,12-;/m1./s1. The topological polar surface area (TPSA) is 78.4 Å². The predicted octanol–water partition coefficient (Wildman–Crippen LogP) is 1.33. The molecule has 1 aliphatic rings. The van der Waals surface area contributed by atoms with E-state index in [1.54, 1.807) is 6.08 Å². The minimum absolute atomic E-state index is 0. The first kappa shape index (κ1) is 17.9. The van der Waals surface area contributed by atoms with Gasteiger partial charge in [-0.25, -0.2) is 0 Å². The van der Waals surface area contributed by atoms with E-state index in [2.05, 4.69) is 17.2 Å². The SMILES string of the molecule is C=C[C@@H]1C[C@H](C(=O)O)N[C@H]1[C@H](CCC)NC(C)=O.Cl. The fourth-order valence-corrected chi connectivity index (χ4v) is 2.59. The van der Waals surface area contributed by atoms with Crippen molar-refractivity contribution in [3.05, 3.63) is 12.7 Å². The van der Waals surface area contributed by atoms with Crippen LogP contribution in [0.25, 0.3) is 0 Å². The highest BCUT2D eigenvalue weighted by molar-refractivity contribution is 5.85. The molecule has 1 fully saturated rings. The monoisotopic (exact) mass is 290 g/mol. The van der Waals surface area contributed by atoms with Crippen molar-refractivity contribution in [3.63, 3.8) is 0 Å². The summed E-state index contributed by atoms with van der Waals surface area (Å²) in [6.07, 6.45) is 4.08. The van der Waals surface area contributed by atoms with Gasteiger partial charge in [-0.2, -0.15) is 0 Å². The summed E-state index contributed by atoms with van der Waals surface area (Å²) in [6, 6.07) is -0.640. The Balaban J connectivity index is 0.00000324. The van der Waals surface area contributed by atoms with Crippen LogP contribution in [0.5, 0.6) is 0 Å². The van der Waals surface area contributed by atoms with Crippen LogP contribution in [0.1, 0.15) is 33.1 Å². The zero-order valence-corrected chi connectivity index (χ0v) is 12.2. The molecule has 19 heavy (non-hydrogen) atoms. The molecular weight excluding hydrogens is 268 g/mol. The van der Waals surface area contributed by atoms with Gasteiger partial charge in [0.25, 0.3) is 0 Å². The highest BCUT2D eigenvalue weighted by Crippen LogP contribution is 2.25. The third-order valence-electron chi connectivity index (χ3n) is 3.39. The van der Waals surface area contributed by atoms with Crippen LogP contribution in [0.3, 0.4) is 0 Å². The summed E-state index contributed by atoms with van der Waals surface area (Å²) < 4.78 is 0. The second-order valence-electron chi connectivity index (χ2n) is 4.81. The number of amides is 1. The summed E-state index contributed by atoms with van der Waals surface area (Å²) in [6.45, 7) is 7.29. The van der Waals surface area contributed by atoms with E-state index in [-0.39, 0.29) is 36.3 Å². The van der Waals surface area contributed by atoms with Gasteiger partial charge < -0.3 is 10.4 Å². The number of hydrogen-bond acceptors (Lipinski definition) is 3. The largest absolute Gasteiger partial charge is 0.480 e. The van der Waals surface area contributed by atoms with E-state index in [9.17, 15) is 9.59 Å². The van der Waals surface area contributed by atoms with Gasteiger partial charge in [0, 0.05) is 19.0 Å². The van der Waals surface area contributed by atoms with Crippen LogP contribution in [0.4, 0.5) is 0 Å². The van der Waals surface area contributed by atoms with Crippen molar-refractivity contribution in [2.75, 3.05) is 0 Å². The predicted molar refractivity (Wildman–Crippen MR) is 76.4 cm³/mol. The van der Waals surface area contributed by atoms with Gasteiger partial charge >= 0.3 is 5.97 Å². The van der Waals surface area contributed by atoms with Crippen molar-refractivity contribution in [1.82, 2.24) is 10.6 Å². The molecule has 1 rings (SSSR count). The second kappa shape index (κ2) is 8.17. The number of hydrogen-bond donors (Lipinski definition) is 3. The Labute approximate surface area is 120 Å². The number of carbonyl (C=O) groups is 2. The van der Waals surface area contributed by atoms with E-state index in [1.807, 2.05) is 6.92 Å². The zero-order chi connectivity index (χ0) is 13.7. The average Bonchev–Trinajstić information content (AvgIpc) is 2.71. The number of carbonyl (C=O) groups excluding carboxylic acids is 1. The van der Waals surface area contributed by atoms with E-state index < -0.39 is 12.0 Å². The fourth-order valence-electron chi connectivity index (χ4n) is 2.59. The Morgan fingerprint density at radius 1 is 1.58 bits per heavy atom. The summed E-state index contributed by atoms with van der Waals surface area (Å²) in [4.78, 5) is 22.2. The summed E-state index contributed by atoms with van der Waals surface area (Å²) in [5, 5.41) is 15.1. The molecule has 4 atom stereocenters. The van der Waals surface area contributed by atoms with Gasteiger partial charge in [-0.3, -0.25) is 14.9 Å². The van der Waals surface area contributed by atoms with Gasteiger partial charge in [-0.15, -0.1) is 19.0 Å². The molecule has 0 aliphatic carbocycles. The molecule has 0 spiro atoms. The molecule has 0 bridgehead atoms. The van der Waals surface area contributed by atoms with E-state index >= 15 is 0 Å². The fraction of sp³-hybridized carbons (Fsp3) is 0.692. The Hall–Kier alpha value is -1.07. The van der Waals surface area contributed by atoms with Crippen molar-refractivity contribution in [3.8, 4) is 0 Å². The summed E-state index contributed by atoms with van der Waals surface area (Å²) in [5.41, 5.74) is 0. The molecule has 1 heterocycles. The number of rotatable bonds is 6. The molecule has 1 saturated heterocycles. The number of carboxylic acids is 1. The summed E-state index contributed by atoms with van der Waals surface area (Å²) >= 11 is 0. The van der Waals surface area contributed by atoms with Crippen LogP contribution in [0.15, 0.2) is 12.7 Å². The second-order valence-corrected chi connectivity index (χ2v) is 4.81. The summed E-state index contributed by atoms with van der Waals surface area (Å²) in [7, 11) is 0. The highest BCUT2D eigenvalue weighted by atomic mass is 35.5. The highest BCUT2D eigenvalue weighted by Gasteiger charge is 2.39. The van der Waals surface area contributed by atoms with E-state index in [1.165, 1.54) is 6.92 Å². The molecular formula is C13H23ClN2O3. The smallest absolute Gasteiger partial charge is 0.320 e. The summed E-state index contributed by atoms with van der Waals surface area (Å²) in [5.74, 6) is -0.853. The lowest BCUT2D eigenvalue weighted by Gasteiger charge is -2.27. The lowest BCUT2D eigenvalue weighted by Crippen LogP contribution is -2.51. The van der Waals surface area contributed by atoms with Gasteiger partial charge in [0.2, 0.25) is 5.91 Å².